The molecule has 0 saturated heterocycles. The molecule has 0 bridgehead atoms. The lowest BCUT2D eigenvalue weighted by Crippen LogP contribution is -2.55. The molecule has 2 nitrogen and oxygen atoms in total. The van der Waals surface area contributed by atoms with Gasteiger partial charge in [-0.1, -0.05) is 0 Å². The summed E-state index contributed by atoms with van der Waals surface area (Å²) >= 11 is 0. The summed E-state index contributed by atoms with van der Waals surface area (Å²) in [6.45, 7) is 0. The number of rotatable bonds is 1. The van der Waals surface area contributed by atoms with Crippen LogP contribution in [-0.4, -0.2) is 17.0 Å². The summed E-state index contributed by atoms with van der Waals surface area (Å²) in [5.74, 6) is -3.71. The molecule has 0 aliphatic heterocycles. The molecule has 2 aliphatic carbocycles. The number of hydrogen-bond acceptors (Lipinski definition) is 1. The Kier molecular flexibility index (Phi) is 1.31. The van der Waals surface area contributed by atoms with Gasteiger partial charge in [-0.05, 0) is 18.3 Å². The Morgan fingerprint density at radius 3 is 2.17 bits per heavy atom. The van der Waals surface area contributed by atoms with Crippen LogP contribution in [0.5, 0.6) is 0 Å². The monoisotopic (exact) mass is 176 g/mol. The summed E-state index contributed by atoms with van der Waals surface area (Å²) in [6.07, 6.45) is 0.726. The minimum Gasteiger partial charge on any atom is -0.481 e. The molecule has 2 rings (SSSR count). The first-order valence-electron chi connectivity index (χ1n) is 4.03. The molecule has 12 heavy (non-hydrogen) atoms. The second-order valence-electron chi connectivity index (χ2n) is 4.15. The summed E-state index contributed by atoms with van der Waals surface area (Å²) in [7, 11) is 0. The number of carbonyl (C=O) groups is 1. The fourth-order valence-corrected chi connectivity index (χ4v) is 2.49. The molecular formula is C8H10F2O2. The van der Waals surface area contributed by atoms with Gasteiger partial charge in [0.1, 0.15) is 0 Å². The van der Waals surface area contributed by atoms with Crippen molar-refractivity contribution >= 4 is 5.97 Å². The first-order chi connectivity index (χ1) is 5.43. The molecule has 0 aromatic heterocycles. The average Bonchev–Trinajstić information content (AvgIpc) is 1.75. The molecule has 0 aromatic carbocycles. The van der Waals surface area contributed by atoms with Gasteiger partial charge in [-0.25, -0.2) is 8.78 Å². The van der Waals surface area contributed by atoms with Gasteiger partial charge in [-0.3, -0.25) is 4.79 Å². The van der Waals surface area contributed by atoms with Crippen LogP contribution in [-0.2, 0) is 4.79 Å². The normalized spacial score (nSPS) is 30.8. The van der Waals surface area contributed by atoms with Gasteiger partial charge in [0.05, 0.1) is 5.92 Å². The second-order valence-corrected chi connectivity index (χ2v) is 4.15. The van der Waals surface area contributed by atoms with Crippen LogP contribution in [0.1, 0.15) is 25.7 Å². The lowest BCUT2D eigenvalue weighted by atomic mass is 9.50. The molecule has 2 fully saturated rings. The molecule has 4 heteroatoms. The summed E-state index contributed by atoms with van der Waals surface area (Å²) in [5, 5.41) is 8.53. The van der Waals surface area contributed by atoms with Gasteiger partial charge >= 0.3 is 5.97 Å². The van der Waals surface area contributed by atoms with E-state index in [2.05, 4.69) is 0 Å². The Labute approximate surface area is 68.6 Å². The number of carboxylic acids is 1. The first kappa shape index (κ1) is 7.95. The number of aliphatic carboxylic acids is 1. The average molecular weight is 176 g/mol. The highest BCUT2D eigenvalue weighted by Gasteiger charge is 2.62. The molecular weight excluding hydrogens is 166 g/mol. The van der Waals surface area contributed by atoms with Gasteiger partial charge in [-0.15, -0.1) is 0 Å². The van der Waals surface area contributed by atoms with Crippen LogP contribution in [0.3, 0.4) is 0 Å². The molecule has 0 atom stereocenters. The lowest BCUT2D eigenvalue weighted by molar-refractivity contribution is -0.212. The molecule has 0 radical (unpaired) electrons. The maximum absolute atomic E-state index is 12.4. The highest BCUT2D eigenvalue weighted by molar-refractivity contribution is 5.71. The van der Waals surface area contributed by atoms with Crippen molar-refractivity contribution in [3.63, 3.8) is 0 Å². The number of carboxylic acid groups (broad SMARTS) is 1. The lowest BCUT2D eigenvalue weighted by Gasteiger charge is -2.56. The zero-order valence-corrected chi connectivity index (χ0v) is 6.52. The van der Waals surface area contributed by atoms with E-state index in [-0.39, 0.29) is 24.2 Å². The topological polar surface area (TPSA) is 37.3 Å². The highest BCUT2D eigenvalue weighted by Crippen LogP contribution is 2.64. The van der Waals surface area contributed by atoms with Gasteiger partial charge in [-0.2, -0.15) is 0 Å². The Balaban J connectivity index is 1.87. The Bertz CT molecular complexity index is 221. The third kappa shape index (κ3) is 1.01. The Morgan fingerprint density at radius 2 is 1.83 bits per heavy atom. The van der Waals surface area contributed by atoms with Gasteiger partial charge in [0, 0.05) is 12.8 Å². The third-order valence-corrected chi connectivity index (χ3v) is 2.98. The van der Waals surface area contributed by atoms with E-state index in [0.29, 0.717) is 12.8 Å². The van der Waals surface area contributed by atoms with E-state index in [9.17, 15) is 13.6 Å². The van der Waals surface area contributed by atoms with Crippen LogP contribution < -0.4 is 0 Å². The van der Waals surface area contributed by atoms with Crippen molar-refractivity contribution in [2.75, 3.05) is 0 Å². The predicted molar refractivity (Wildman–Crippen MR) is 37.0 cm³/mol. The van der Waals surface area contributed by atoms with Gasteiger partial charge < -0.3 is 5.11 Å². The molecule has 1 N–H and O–H groups in total. The summed E-state index contributed by atoms with van der Waals surface area (Å²) < 4.78 is 24.9. The quantitative estimate of drug-likeness (QED) is 0.662. The first-order valence-corrected chi connectivity index (χ1v) is 4.03. The van der Waals surface area contributed by atoms with E-state index in [1.807, 2.05) is 0 Å². The largest absolute Gasteiger partial charge is 0.481 e. The van der Waals surface area contributed by atoms with E-state index >= 15 is 0 Å². The molecule has 2 aliphatic rings. The maximum Gasteiger partial charge on any atom is 0.306 e. The predicted octanol–water partition coefficient (Wildman–Crippen LogP) is 1.90. The van der Waals surface area contributed by atoms with E-state index < -0.39 is 11.9 Å². The SMILES string of the molecule is O=C(O)C1CC2(C1)CC(F)(F)C2. The van der Waals surface area contributed by atoms with Crippen LogP contribution in [0.4, 0.5) is 8.78 Å². The van der Waals surface area contributed by atoms with E-state index in [0.717, 1.165) is 0 Å². The summed E-state index contributed by atoms with van der Waals surface area (Å²) in [5.41, 5.74) is -0.299. The van der Waals surface area contributed by atoms with Crippen molar-refractivity contribution in [3.05, 3.63) is 0 Å². The molecule has 0 amide bonds. The third-order valence-electron chi connectivity index (χ3n) is 2.98. The van der Waals surface area contributed by atoms with E-state index in [1.54, 1.807) is 0 Å². The van der Waals surface area contributed by atoms with Crippen LogP contribution >= 0.6 is 0 Å². The summed E-state index contributed by atoms with van der Waals surface area (Å²) in [6, 6.07) is 0. The van der Waals surface area contributed by atoms with Gasteiger partial charge in [0.15, 0.2) is 0 Å². The molecule has 68 valence electrons. The molecule has 1 spiro atoms. The minimum absolute atomic E-state index is 0.0935. The van der Waals surface area contributed by atoms with Gasteiger partial charge in [0.25, 0.3) is 0 Å². The van der Waals surface area contributed by atoms with E-state index in [1.165, 1.54) is 0 Å². The Hall–Kier alpha value is -0.670. The number of hydrogen-bond donors (Lipinski definition) is 1. The minimum atomic E-state index is -2.51. The highest BCUT2D eigenvalue weighted by atomic mass is 19.3. The van der Waals surface area contributed by atoms with Crippen LogP contribution in [0, 0.1) is 11.3 Å². The summed E-state index contributed by atoms with van der Waals surface area (Å²) in [4.78, 5) is 10.4. The zero-order valence-electron chi connectivity index (χ0n) is 6.52. The van der Waals surface area contributed by atoms with E-state index in [4.69, 9.17) is 5.11 Å². The van der Waals surface area contributed by atoms with Crippen molar-refractivity contribution in [2.45, 2.75) is 31.6 Å². The molecule has 0 heterocycles. The van der Waals surface area contributed by atoms with Crippen LogP contribution in [0.15, 0.2) is 0 Å². The smallest absolute Gasteiger partial charge is 0.306 e. The van der Waals surface area contributed by atoms with Crippen molar-refractivity contribution in [3.8, 4) is 0 Å². The number of alkyl halides is 2. The Morgan fingerprint density at radius 1 is 1.33 bits per heavy atom. The molecule has 0 aromatic rings. The fraction of sp³-hybridized carbons (Fsp3) is 0.875. The van der Waals surface area contributed by atoms with Crippen molar-refractivity contribution in [1.29, 1.82) is 0 Å². The zero-order chi connectivity index (χ0) is 8.98. The van der Waals surface area contributed by atoms with Crippen LogP contribution in [0.25, 0.3) is 0 Å². The molecule has 0 unspecified atom stereocenters. The van der Waals surface area contributed by atoms with Gasteiger partial charge in [0.2, 0.25) is 5.92 Å². The maximum atomic E-state index is 12.4. The second kappa shape index (κ2) is 1.98. The van der Waals surface area contributed by atoms with Crippen molar-refractivity contribution in [1.82, 2.24) is 0 Å². The number of halogens is 2. The fourth-order valence-electron chi connectivity index (χ4n) is 2.49. The van der Waals surface area contributed by atoms with Crippen molar-refractivity contribution in [2.24, 2.45) is 11.3 Å². The molecule has 2 saturated carbocycles. The van der Waals surface area contributed by atoms with Crippen molar-refractivity contribution < 1.29 is 18.7 Å². The van der Waals surface area contributed by atoms with Crippen LogP contribution in [0.2, 0.25) is 0 Å². The standard InChI is InChI=1S/C8H10F2O2/c9-8(10)3-7(4-8)1-5(2-7)6(11)12/h5H,1-4H2,(H,11,12).